The first-order valence-electron chi connectivity index (χ1n) is 6.38. The molecule has 2 atom stereocenters. The van der Waals surface area contributed by atoms with E-state index >= 15 is 0 Å². The lowest BCUT2D eigenvalue weighted by Gasteiger charge is -2.30. The summed E-state index contributed by atoms with van der Waals surface area (Å²) >= 11 is 12.5. The Morgan fingerprint density at radius 3 is 2.68 bits per heavy atom. The van der Waals surface area contributed by atoms with E-state index in [1.165, 1.54) is 25.3 Å². The van der Waals surface area contributed by atoms with Gasteiger partial charge in [-0.05, 0) is 25.1 Å². The van der Waals surface area contributed by atoms with Gasteiger partial charge in [-0.2, -0.15) is 0 Å². The highest BCUT2D eigenvalue weighted by Crippen LogP contribution is 2.40. The summed E-state index contributed by atoms with van der Waals surface area (Å²) < 4.78 is 4.92. The average Bonchev–Trinajstić information content (AvgIpc) is 2.45. The molecule has 0 N–H and O–H groups in total. The number of nitrogens with zero attached hydrogens (tertiary/aromatic N) is 1. The number of ether oxygens (including phenoxy) is 1. The van der Waals surface area contributed by atoms with Crippen molar-refractivity contribution in [1.29, 1.82) is 0 Å². The van der Waals surface area contributed by atoms with Crippen LogP contribution < -0.4 is 4.74 Å². The fraction of sp³-hybridized carbons (Fsp3) is 0.267. The van der Waals surface area contributed by atoms with Gasteiger partial charge in [-0.3, -0.25) is 14.9 Å². The van der Waals surface area contributed by atoms with Crippen molar-refractivity contribution in [3.63, 3.8) is 0 Å². The molecule has 2 unspecified atom stereocenters. The molecular weight excluding hydrogens is 329 g/mol. The number of nitro benzene ring substituents is 1. The number of rotatable bonds is 4. The zero-order chi connectivity index (χ0) is 16.5. The van der Waals surface area contributed by atoms with Crippen molar-refractivity contribution in [2.24, 2.45) is 5.92 Å². The minimum Gasteiger partial charge on any atom is -0.490 e. The Bertz CT molecular complexity index is 695. The van der Waals surface area contributed by atoms with Crippen LogP contribution in [0.15, 0.2) is 41.5 Å². The Labute approximate surface area is 137 Å². The third-order valence-electron chi connectivity index (χ3n) is 3.44. The van der Waals surface area contributed by atoms with Crippen LogP contribution in [0.1, 0.15) is 17.3 Å². The van der Waals surface area contributed by atoms with E-state index in [1.807, 2.05) is 0 Å². The molecule has 116 valence electrons. The highest BCUT2D eigenvalue weighted by Gasteiger charge is 2.40. The highest BCUT2D eigenvalue weighted by atomic mass is 35.5. The molecule has 1 aliphatic rings. The minimum absolute atomic E-state index is 0.0837. The van der Waals surface area contributed by atoms with E-state index in [1.54, 1.807) is 25.2 Å². The number of allylic oxidation sites excluding steroid dienone is 4. The van der Waals surface area contributed by atoms with Gasteiger partial charge < -0.3 is 4.74 Å². The molecule has 5 nitrogen and oxygen atoms in total. The topological polar surface area (TPSA) is 69.4 Å². The number of halogens is 2. The Kier molecular flexibility index (Phi) is 4.58. The molecule has 0 heterocycles. The summed E-state index contributed by atoms with van der Waals surface area (Å²) in [6.45, 7) is 1.67. The van der Waals surface area contributed by atoms with E-state index in [9.17, 15) is 14.9 Å². The first kappa shape index (κ1) is 16.5. The van der Waals surface area contributed by atoms with E-state index in [0.29, 0.717) is 5.03 Å². The molecule has 0 saturated heterocycles. The van der Waals surface area contributed by atoms with E-state index in [0.717, 1.165) is 0 Å². The van der Waals surface area contributed by atoms with Crippen LogP contribution in [0.4, 0.5) is 5.69 Å². The lowest BCUT2D eigenvalue weighted by molar-refractivity contribution is -0.385. The molecule has 0 radical (unpaired) electrons. The second-order valence-corrected chi connectivity index (χ2v) is 6.25. The Balaban J connectivity index is 2.46. The summed E-state index contributed by atoms with van der Waals surface area (Å²) in [6.07, 6.45) is 4.93. The van der Waals surface area contributed by atoms with Gasteiger partial charge in [-0.15, -0.1) is 11.6 Å². The molecule has 2 rings (SSSR count). The molecular formula is C15H13Cl2NO4. The highest BCUT2D eigenvalue weighted by molar-refractivity contribution is 6.36. The van der Waals surface area contributed by atoms with Gasteiger partial charge in [0.05, 0.1) is 22.8 Å². The summed E-state index contributed by atoms with van der Waals surface area (Å²) in [4.78, 5) is 22.2. The smallest absolute Gasteiger partial charge is 0.311 e. The number of Topliss-reactive ketones (excluding diaryl/α,β-unsaturated/α-hetero) is 1. The molecule has 1 aromatic rings. The van der Waals surface area contributed by atoms with Gasteiger partial charge in [0.15, 0.2) is 11.5 Å². The molecule has 0 bridgehead atoms. The molecule has 0 aromatic heterocycles. The second-order valence-electron chi connectivity index (χ2n) is 5.00. The lowest BCUT2D eigenvalue weighted by Crippen LogP contribution is -2.35. The van der Waals surface area contributed by atoms with Gasteiger partial charge in [0.2, 0.25) is 0 Å². The predicted octanol–water partition coefficient (Wildman–Crippen LogP) is 4.09. The average molecular weight is 342 g/mol. The second kappa shape index (κ2) is 6.10. The zero-order valence-corrected chi connectivity index (χ0v) is 13.4. The Hall–Kier alpha value is -1.85. The SMILES string of the molecule is COc1ccc(C(=O)C2C(Cl)=CC=CC2(C)Cl)cc1[N+](=O)[O-]. The van der Waals surface area contributed by atoms with Crippen molar-refractivity contribution < 1.29 is 14.5 Å². The van der Waals surface area contributed by atoms with Crippen LogP contribution in [0.3, 0.4) is 0 Å². The van der Waals surface area contributed by atoms with E-state index < -0.39 is 15.7 Å². The van der Waals surface area contributed by atoms with Gasteiger partial charge in [0.1, 0.15) is 0 Å². The Morgan fingerprint density at radius 1 is 1.45 bits per heavy atom. The van der Waals surface area contributed by atoms with Crippen molar-refractivity contribution in [2.75, 3.05) is 7.11 Å². The van der Waals surface area contributed by atoms with E-state index in [4.69, 9.17) is 27.9 Å². The van der Waals surface area contributed by atoms with Crippen molar-refractivity contribution in [1.82, 2.24) is 0 Å². The van der Waals surface area contributed by atoms with Gasteiger partial charge in [0, 0.05) is 16.7 Å². The Morgan fingerprint density at radius 2 is 2.14 bits per heavy atom. The van der Waals surface area contributed by atoms with Crippen molar-refractivity contribution >= 4 is 34.7 Å². The molecule has 0 spiro atoms. The number of nitro groups is 1. The third-order valence-corrected chi connectivity index (χ3v) is 4.13. The largest absolute Gasteiger partial charge is 0.490 e. The molecule has 1 aromatic carbocycles. The summed E-state index contributed by atoms with van der Waals surface area (Å²) in [5.74, 6) is -1.09. The fourth-order valence-corrected chi connectivity index (χ4v) is 3.07. The predicted molar refractivity (Wildman–Crippen MR) is 84.8 cm³/mol. The first-order valence-corrected chi connectivity index (χ1v) is 7.14. The van der Waals surface area contributed by atoms with Crippen LogP contribution >= 0.6 is 23.2 Å². The maximum Gasteiger partial charge on any atom is 0.311 e. The number of hydrogen-bond donors (Lipinski definition) is 0. The van der Waals surface area contributed by atoms with Gasteiger partial charge in [-0.1, -0.05) is 23.8 Å². The molecule has 1 aliphatic carbocycles. The summed E-state index contributed by atoms with van der Waals surface area (Å²) in [5, 5.41) is 11.4. The standard InChI is InChI=1S/C15H13Cl2NO4/c1-15(17)7-3-4-10(16)13(15)14(19)9-5-6-12(22-2)11(8-9)18(20)21/h3-8,13H,1-2H3. The first-order chi connectivity index (χ1) is 10.3. The van der Waals surface area contributed by atoms with Crippen LogP contribution in [0.2, 0.25) is 0 Å². The van der Waals surface area contributed by atoms with Gasteiger partial charge in [-0.25, -0.2) is 0 Å². The van der Waals surface area contributed by atoms with Gasteiger partial charge in [0.25, 0.3) is 0 Å². The summed E-state index contributed by atoms with van der Waals surface area (Å²) in [6, 6.07) is 4.02. The van der Waals surface area contributed by atoms with Gasteiger partial charge >= 0.3 is 5.69 Å². The quantitative estimate of drug-likeness (QED) is 0.358. The van der Waals surface area contributed by atoms with Crippen molar-refractivity contribution in [2.45, 2.75) is 11.8 Å². The van der Waals surface area contributed by atoms with E-state index in [2.05, 4.69) is 0 Å². The molecule has 0 fully saturated rings. The van der Waals surface area contributed by atoms with Crippen LogP contribution in [-0.4, -0.2) is 22.7 Å². The molecule has 0 aliphatic heterocycles. The fourth-order valence-electron chi connectivity index (χ4n) is 2.32. The van der Waals surface area contributed by atoms with Crippen molar-refractivity contribution in [3.05, 3.63) is 57.1 Å². The normalized spacial score (nSPS) is 23.8. The van der Waals surface area contributed by atoms with Crippen LogP contribution in [0.25, 0.3) is 0 Å². The molecule has 22 heavy (non-hydrogen) atoms. The third kappa shape index (κ3) is 3.00. The number of benzene rings is 1. The molecule has 0 amide bonds. The maximum absolute atomic E-state index is 12.7. The monoisotopic (exact) mass is 341 g/mol. The number of carbonyl (C=O) groups excluding carboxylic acids is 1. The number of ketones is 1. The molecule has 0 saturated carbocycles. The molecule has 7 heteroatoms. The minimum atomic E-state index is -0.988. The van der Waals surface area contributed by atoms with Crippen LogP contribution in [-0.2, 0) is 0 Å². The van der Waals surface area contributed by atoms with E-state index in [-0.39, 0.29) is 22.8 Å². The number of carbonyl (C=O) groups is 1. The maximum atomic E-state index is 12.7. The summed E-state index contributed by atoms with van der Waals surface area (Å²) in [7, 11) is 1.32. The zero-order valence-electron chi connectivity index (χ0n) is 11.9. The number of hydrogen-bond acceptors (Lipinski definition) is 4. The van der Waals surface area contributed by atoms with Crippen LogP contribution in [0.5, 0.6) is 5.75 Å². The number of alkyl halides is 1. The van der Waals surface area contributed by atoms with Crippen LogP contribution in [0, 0.1) is 16.0 Å². The summed E-state index contributed by atoms with van der Waals surface area (Å²) in [5.41, 5.74) is -0.123. The number of methoxy groups -OCH3 is 1. The van der Waals surface area contributed by atoms with Crippen molar-refractivity contribution in [3.8, 4) is 5.75 Å². The lowest BCUT2D eigenvalue weighted by atomic mass is 9.83.